The molecule has 1 heterocycles. The van der Waals surface area contributed by atoms with E-state index in [9.17, 15) is 8.78 Å². The van der Waals surface area contributed by atoms with E-state index >= 15 is 0 Å². The van der Waals surface area contributed by atoms with Crippen LogP contribution in [0.3, 0.4) is 0 Å². The average Bonchev–Trinajstić information content (AvgIpc) is 2.82. The van der Waals surface area contributed by atoms with Crippen LogP contribution in [-0.2, 0) is 12.4 Å². The minimum Gasteiger partial charge on any atom is -0.322 e. The Labute approximate surface area is 126 Å². The standard InChI is InChI=1S/C16H13ClF2N2/c1-10-3-2-4-14-16(10)21(15(8-17)20-14)9-11-5-6-12(18)13(19)7-11/h2-7H,8-9H2,1H3. The summed E-state index contributed by atoms with van der Waals surface area (Å²) in [6, 6.07) is 9.75. The van der Waals surface area contributed by atoms with Crippen molar-refractivity contribution in [2.45, 2.75) is 19.3 Å². The van der Waals surface area contributed by atoms with Crippen molar-refractivity contribution < 1.29 is 8.78 Å². The van der Waals surface area contributed by atoms with Gasteiger partial charge in [-0.3, -0.25) is 0 Å². The number of alkyl halides is 1. The lowest BCUT2D eigenvalue weighted by molar-refractivity contribution is 0.506. The summed E-state index contributed by atoms with van der Waals surface area (Å²) in [7, 11) is 0. The summed E-state index contributed by atoms with van der Waals surface area (Å²) in [6.07, 6.45) is 0. The number of aromatic nitrogens is 2. The van der Waals surface area contributed by atoms with Gasteiger partial charge in [-0.05, 0) is 36.2 Å². The minimum absolute atomic E-state index is 0.262. The van der Waals surface area contributed by atoms with Crippen molar-refractivity contribution in [1.29, 1.82) is 0 Å². The third-order valence-corrected chi connectivity index (χ3v) is 3.73. The molecule has 0 aliphatic heterocycles. The highest BCUT2D eigenvalue weighted by molar-refractivity contribution is 6.16. The molecular weight excluding hydrogens is 294 g/mol. The first-order valence-electron chi connectivity index (χ1n) is 6.55. The van der Waals surface area contributed by atoms with Crippen LogP contribution in [-0.4, -0.2) is 9.55 Å². The van der Waals surface area contributed by atoms with Crippen LogP contribution in [0.5, 0.6) is 0 Å². The summed E-state index contributed by atoms with van der Waals surface area (Å²) in [5, 5.41) is 0. The van der Waals surface area contributed by atoms with E-state index in [0.717, 1.165) is 22.7 Å². The lowest BCUT2D eigenvalue weighted by Crippen LogP contribution is -2.05. The van der Waals surface area contributed by atoms with Gasteiger partial charge >= 0.3 is 0 Å². The molecular formula is C16H13ClF2N2. The number of nitrogens with zero attached hydrogens (tertiary/aromatic N) is 2. The molecule has 0 radical (unpaired) electrons. The fourth-order valence-electron chi connectivity index (χ4n) is 2.51. The molecule has 3 rings (SSSR count). The average molecular weight is 307 g/mol. The number of aryl methyl sites for hydroxylation is 1. The van der Waals surface area contributed by atoms with Crippen LogP contribution in [0.15, 0.2) is 36.4 Å². The number of halogens is 3. The molecule has 1 aromatic heterocycles. The lowest BCUT2D eigenvalue weighted by Gasteiger charge is -2.10. The van der Waals surface area contributed by atoms with Crippen molar-refractivity contribution in [3.8, 4) is 0 Å². The molecule has 0 N–H and O–H groups in total. The van der Waals surface area contributed by atoms with E-state index in [2.05, 4.69) is 4.98 Å². The predicted molar refractivity (Wildman–Crippen MR) is 79.5 cm³/mol. The molecule has 0 unspecified atom stereocenters. The molecule has 5 heteroatoms. The summed E-state index contributed by atoms with van der Waals surface area (Å²) >= 11 is 5.96. The van der Waals surface area contributed by atoms with Crippen LogP contribution in [0.25, 0.3) is 11.0 Å². The second-order valence-electron chi connectivity index (χ2n) is 4.94. The molecule has 0 saturated carbocycles. The van der Waals surface area contributed by atoms with E-state index in [1.165, 1.54) is 6.07 Å². The van der Waals surface area contributed by atoms with Gasteiger partial charge < -0.3 is 4.57 Å². The number of benzene rings is 2. The Hall–Kier alpha value is -1.94. The molecule has 0 aliphatic rings. The lowest BCUT2D eigenvalue weighted by atomic mass is 10.2. The summed E-state index contributed by atoms with van der Waals surface area (Å²) in [5.41, 5.74) is 3.56. The largest absolute Gasteiger partial charge is 0.322 e. The van der Waals surface area contributed by atoms with Crippen LogP contribution >= 0.6 is 11.6 Å². The first kappa shape index (κ1) is 14.0. The van der Waals surface area contributed by atoms with Gasteiger partial charge in [0.1, 0.15) is 5.82 Å². The SMILES string of the molecule is Cc1cccc2nc(CCl)n(Cc3ccc(F)c(F)c3)c12. The number of imidazole rings is 1. The van der Waals surface area contributed by atoms with E-state index in [-0.39, 0.29) is 5.88 Å². The quantitative estimate of drug-likeness (QED) is 0.655. The Morgan fingerprint density at radius 1 is 1.14 bits per heavy atom. The van der Waals surface area contributed by atoms with Gasteiger partial charge in [0, 0.05) is 6.54 Å². The molecule has 0 atom stereocenters. The highest BCUT2D eigenvalue weighted by Crippen LogP contribution is 2.23. The van der Waals surface area contributed by atoms with Crippen LogP contribution in [0.2, 0.25) is 0 Å². The van der Waals surface area contributed by atoms with Crippen LogP contribution < -0.4 is 0 Å². The van der Waals surface area contributed by atoms with Gasteiger partial charge in [0.25, 0.3) is 0 Å². The zero-order valence-corrected chi connectivity index (χ0v) is 12.2. The molecule has 0 saturated heterocycles. The predicted octanol–water partition coefficient (Wildman–Crippen LogP) is 4.41. The Kier molecular flexibility index (Phi) is 3.64. The Morgan fingerprint density at radius 3 is 2.67 bits per heavy atom. The number of rotatable bonds is 3. The maximum atomic E-state index is 13.4. The van der Waals surface area contributed by atoms with Crippen molar-refractivity contribution in [2.75, 3.05) is 0 Å². The van der Waals surface area contributed by atoms with Gasteiger partial charge in [0.05, 0.1) is 16.9 Å². The molecule has 0 aliphatic carbocycles. The van der Waals surface area contributed by atoms with Gasteiger partial charge in [-0.15, -0.1) is 11.6 Å². The molecule has 2 aromatic carbocycles. The van der Waals surface area contributed by atoms with Crippen molar-refractivity contribution in [2.24, 2.45) is 0 Å². The van der Waals surface area contributed by atoms with Gasteiger partial charge in [-0.25, -0.2) is 13.8 Å². The molecule has 0 amide bonds. The zero-order chi connectivity index (χ0) is 15.0. The van der Waals surface area contributed by atoms with Crippen molar-refractivity contribution in [3.63, 3.8) is 0 Å². The third-order valence-electron chi connectivity index (χ3n) is 3.49. The molecule has 2 nitrogen and oxygen atoms in total. The first-order valence-corrected chi connectivity index (χ1v) is 7.08. The monoisotopic (exact) mass is 306 g/mol. The summed E-state index contributed by atoms with van der Waals surface area (Å²) in [5.74, 6) is -0.715. The van der Waals surface area contributed by atoms with Crippen molar-refractivity contribution >= 4 is 22.6 Å². The van der Waals surface area contributed by atoms with E-state index in [1.54, 1.807) is 6.07 Å². The molecule has 3 aromatic rings. The van der Waals surface area contributed by atoms with Crippen LogP contribution in [0.1, 0.15) is 17.0 Å². The van der Waals surface area contributed by atoms with Gasteiger partial charge in [0.15, 0.2) is 11.6 Å². The molecule has 0 bridgehead atoms. The highest BCUT2D eigenvalue weighted by Gasteiger charge is 2.13. The second-order valence-corrected chi connectivity index (χ2v) is 5.21. The minimum atomic E-state index is -0.846. The molecule has 0 fully saturated rings. The fourth-order valence-corrected chi connectivity index (χ4v) is 2.71. The second kappa shape index (κ2) is 5.45. The number of hydrogen-bond donors (Lipinski definition) is 0. The van der Waals surface area contributed by atoms with Gasteiger partial charge in [-0.2, -0.15) is 0 Å². The maximum Gasteiger partial charge on any atom is 0.159 e. The van der Waals surface area contributed by atoms with E-state index in [4.69, 9.17) is 11.6 Å². The van der Waals surface area contributed by atoms with Crippen molar-refractivity contribution in [3.05, 3.63) is 65.0 Å². The van der Waals surface area contributed by atoms with Gasteiger partial charge in [-0.1, -0.05) is 18.2 Å². The maximum absolute atomic E-state index is 13.4. The van der Waals surface area contributed by atoms with E-state index in [1.807, 2.05) is 29.7 Å². The van der Waals surface area contributed by atoms with Crippen molar-refractivity contribution in [1.82, 2.24) is 9.55 Å². The number of hydrogen-bond acceptors (Lipinski definition) is 1. The van der Waals surface area contributed by atoms with E-state index < -0.39 is 11.6 Å². The van der Waals surface area contributed by atoms with Crippen LogP contribution in [0, 0.1) is 18.6 Å². The third kappa shape index (κ3) is 2.51. The normalized spacial score (nSPS) is 11.2. The summed E-state index contributed by atoms with van der Waals surface area (Å²) < 4.78 is 28.3. The first-order chi connectivity index (χ1) is 10.1. The van der Waals surface area contributed by atoms with Gasteiger partial charge in [0.2, 0.25) is 0 Å². The number of para-hydroxylation sites is 1. The fraction of sp³-hybridized carbons (Fsp3) is 0.188. The number of fused-ring (bicyclic) bond motifs is 1. The molecule has 0 spiro atoms. The smallest absolute Gasteiger partial charge is 0.159 e. The molecule has 108 valence electrons. The molecule has 21 heavy (non-hydrogen) atoms. The Balaban J connectivity index is 2.12. The zero-order valence-electron chi connectivity index (χ0n) is 11.4. The highest BCUT2D eigenvalue weighted by atomic mass is 35.5. The Bertz CT molecular complexity index is 811. The summed E-state index contributed by atoms with van der Waals surface area (Å²) in [4.78, 5) is 4.49. The Morgan fingerprint density at radius 2 is 1.95 bits per heavy atom. The van der Waals surface area contributed by atoms with Crippen LogP contribution in [0.4, 0.5) is 8.78 Å². The topological polar surface area (TPSA) is 17.8 Å². The summed E-state index contributed by atoms with van der Waals surface area (Å²) in [6.45, 7) is 2.39. The van der Waals surface area contributed by atoms with E-state index in [0.29, 0.717) is 17.9 Å².